The Morgan fingerprint density at radius 3 is 1.01 bits per heavy atom. The third kappa shape index (κ3) is 62.1. The molecule has 0 aromatic carbocycles. The van der Waals surface area contributed by atoms with Gasteiger partial charge in [0.25, 0.3) is 0 Å². The van der Waals surface area contributed by atoms with Gasteiger partial charge in [-0.05, 0) is 128 Å². The van der Waals surface area contributed by atoms with E-state index in [0.29, 0.717) is 23.9 Å². The molecule has 0 saturated heterocycles. The molecule has 0 N–H and O–H groups in total. The van der Waals surface area contributed by atoms with E-state index in [2.05, 4.69) is 184 Å². The molecule has 0 spiro atoms. The molecule has 9 heteroatoms. The normalized spacial score (nSPS) is 13.9. The lowest BCUT2D eigenvalue weighted by atomic mass is 10.0. The number of rotatable bonds is 55. The second-order valence-electron chi connectivity index (χ2n) is 21.2. The van der Waals surface area contributed by atoms with Gasteiger partial charge in [-0.2, -0.15) is 0 Å². The smallest absolute Gasteiger partial charge is 0.306 e. The number of carboxylic acids is 1. The molecule has 0 aromatic rings. The molecule has 9 nitrogen and oxygen atoms in total. The van der Waals surface area contributed by atoms with Crippen LogP contribution in [0.5, 0.6) is 0 Å². The van der Waals surface area contributed by atoms with Crippen molar-refractivity contribution in [1.82, 2.24) is 0 Å². The van der Waals surface area contributed by atoms with Crippen LogP contribution in [0, 0.1) is 0 Å². The Morgan fingerprint density at radius 2 is 0.667 bits per heavy atom. The predicted octanol–water partition coefficient (Wildman–Crippen LogP) is 17.8. The van der Waals surface area contributed by atoms with Gasteiger partial charge in [-0.1, -0.05) is 235 Å². The van der Waals surface area contributed by atoms with Crippen molar-refractivity contribution in [2.75, 3.05) is 47.5 Å². The fourth-order valence-electron chi connectivity index (χ4n) is 7.73. The number of carbonyl (C=O) groups excluding carboxylic acids is 3. The van der Waals surface area contributed by atoms with Crippen LogP contribution in [0.15, 0.2) is 170 Å². The molecule has 0 heterocycles. The number of carbonyl (C=O) groups is 3. The monoisotopic (exact) mass is 1120 g/mol. The van der Waals surface area contributed by atoms with Gasteiger partial charge < -0.3 is 33.3 Å². The van der Waals surface area contributed by atoms with E-state index in [1.165, 1.54) is 38.5 Å². The van der Waals surface area contributed by atoms with E-state index in [-0.39, 0.29) is 32.7 Å². The van der Waals surface area contributed by atoms with Crippen molar-refractivity contribution in [2.24, 2.45) is 0 Å². The fourth-order valence-corrected chi connectivity index (χ4v) is 7.73. The fraction of sp³-hybridized carbons (Fsp3) is 0.569. The van der Waals surface area contributed by atoms with Gasteiger partial charge in [0.1, 0.15) is 13.2 Å². The van der Waals surface area contributed by atoms with Crippen LogP contribution in [0.4, 0.5) is 0 Å². The van der Waals surface area contributed by atoms with Gasteiger partial charge >= 0.3 is 11.9 Å². The molecule has 454 valence electrons. The minimum atomic E-state index is -1.64. The number of nitrogens with zero attached hydrogens (tertiary/aromatic N) is 1. The second kappa shape index (κ2) is 60.7. The van der Waals surface area contributed by atoms with Gasteiger partial charge in [-0.25, -0.2) is 0 Å². The van der Waals surface area contributed by atoms with E-state index in [1.54, 1.807) is 0 Å². The number of hydrogen-bond acceptors (Lipinski definition) is 8. The third-order valence-electron chi connectivity index (χ3n) is 12.5. The predicted molar refractivity (Wildman–Crippen MR) is 342 cm³/mol. The summed E-state index contributed by atoms with van der Waals surface area (Å²) in [6.07, 6.45) is 88.4. The first kappa shape index (κ1) is 75.7. The van der Waals surface area contributed by atoms with E-state index >= 15 is 0 Å². The second-order valence-corrected chi connectivity index (χ2v) is 21.2. The number of aliphatic carboxylic acids is 1. The van der Waals surface area contributed by atoms with Crippen LogP contribution in [0.3, 0.4) is 0 Å². The summed E-state index contributed by atoms with van der Waals surface area (Å²) in [6.45, 7) is 4.43. The highest BCUT2D eigenvalue weighted by Gasteiger charge is 2.22. The van der Waals surface area contributed by atoms with Crippen molar-refractivity contribution >= 4 is 17.9 Å². The highest BCUT2D eigenvalue weighted by Crippen LogP contribution is 2.14. The molecule has 0 saturated carbocycles. The van der Waals surface area contributed by atoms with Gasteiger partial charge in [0.15, 0.2) is 12.4 Å². The van der Waals surface area contributed by atoms with Crippen LogP contribution in [-0.2, 0) is 33.3 Å². The number of carboxylic acid groups (broad SMARTS) is 1. The summed E-state index contributed by atoms with van der Waals surface area (Å²) in [5.74, 6) is -2.37. The third-order valence-corrected chi connectivity index (χ3v) is 12.5. The van der Waals surface area contributed by atoms with Crippen molar-refractivity contribution in [3.05, 3.63) is 170 Å². The molecule has 0 aliphatic heterocycles. The average molecular weight is 1120 g/mol. The van der Waals surface area contributed by atoms with Crippen LogP contribution < -0.4 is 5.11 Å². The molecule has 0 fully saturated rings. The first-order valence-corrected chi connectivity index (χ1v) is 31.3. The Kier molecular flexibility index (Phi) is 56.7. The van der Waals surface area contributed by atoms with E-state index in [4.69, 9.17) is 18.9 Å². The zero-order valence-corrected chi connectivity index (χ0v) is 51.6. The Labute approximate surface area is 495 Å². The summed E-state index contributed by atoms with van der Waals surface area (Å²) < 4.78 is 22.7. The maximum atomic E-state index is 12.9. The molecule has 0 aliphatic rings. The molecule has 0 aromatic heterocycles. The summed E-state index contributed by atoms with van der Waals surface area (Å²) in [7, 11) is 5.89. The summed E-state index contributed by atoms with van der Waals surface area (Å²) in [6, 6.07) is 0. The quantitative estimate of drug-likeness (QED) is 0.0195. The molecule has 0 amide bonds. The topological polar surface area (TPSA) is 111 Å². The Bertz CT molecular complexity index is 1930. The van der Waals surface area contributed by atoms with Crippen molar-refractivity contribution in [2.45, 2.75) is 219 Å². The summed E-state index contributed by atoms with van der Waals surface area (Å²) in [5.41, 5.74) is 0. The Hall–Kier alpha value is -5.35. The zero-order chi connectivity index (χ0) is 59.1. The van der Waals surface area contributed by atoms with E-state index in [9.17, 15) is 19.5 Å². The van der Waals surface area contributed by atoms with E-state index < -0.39 is 30.3 Å². The first-order valence-electron chi connectivity index (χ1n) is 31.3. The molecule has 2 atom stereocenters. The molecule has 2 unspecified atom stereocenters. The van der Waals surface area contributed by atoms with Crippen molar-refractivity contribution in [1.29, 1.82) is 0 Å². The van der Waals surface area contributed by atoms with Crippen LogP contribution >= 0.6 is 0 Å². The average Bonchev–Trinajstić information content (AvgIpc) is 3.44. The van der Waals surface area contributed by atoms with E-state index in [1.807, 2.05) is 21.1 Å². The van der Waals surface area contributed by atoms with Gasteiger partial charge in [0.2, 0.25) is 0 Å². The van der Waals surface area contributed by atoms with Gasteiger partial charge in [-0.3, -0.25) is 9.59 Å². The molecule has 0 rings (SSSR count). The molecule has 0 bridgehead atoms. The van der Waals surface area contributed by atoms with E-state index in [0.717, 1.165) is 128 Å². The Balaban J connectivity index is 4.29. The summed E-state index contributed by atoms with van der Waals surface area (Å²) in [5, 5.41) is 11.8. The standard InChI is InChI=1S/C72H113NO8/c1-6-8-10-12-14-16-18-20-22-24-26-28-29-30-31-32-33-34-35-36-37-38-39-40-41-43-45-47-49-51-53-55-57-59-61-63-70(75)81-68(67-80-72(71(76)77)78-65-64-73(3,4)5)66-79-69(74)62-60-58-56-54-52-50-48-46-44-42-27-25-23-21-19-17-15-13-11-9-7-2/h8-11,14-17,20-23,26-28,30-31,33-34,36-37,39-40,42,46,48,52,54,68,72H,6-7,12-13,18-19,24-25,29,32,35,38,41,43-45,47,49-51,53,55-67H2,1-5H3/b10-8-,11-9-,16-14-,17-15-,22-20-,23-21-,28-26-,31-30-,34-33-,37-36-,40-39-,42-27-,48-46-,54-52-. The number of ether oxygens (including phenoxy) is 4. The maximum absolute atomic E-state index is 12.9. The highest BCUT2D eigenvalue weighted by atomic mass is 16.7. The maximum Gasteiger partial charge on any atom is 0.306 e. The lowest BCUT2D eigenvalue weighted by molar-refractivity contribution is -0.870. The molecular weight excluding hydrogens is 1010 g/mol. The van der Waals surface area contributed by atoms with Crippen LogP contribution in [0.25, 0.3) is 0 Å². The highest BCUT2D eigenvalue weighted by molar-refractivity contribution is 5.70. The number of allylic oxidation sites excluding steroid dienone is 28. The number of esters is 2. The lowest BCUT2D eigenvalue weighted by Gasteiger charge is -2.26. The molecule has 0 radical (unpaired) electrons. The first-order chi connectivity index (χ1) is 39.6. The van der Waals surface area contributed by atoms with Gasteiger partial charge in [0, 0.05) is 12.8 Å². The molecule has 81 heavy (non-hydrogen) atoms. The number of unbranched alkanes of at least 4 members (excludes halogenated alkanes) is 12. The summed E-state index contributed by atoms with van der Waals surface area (Å²) in [4.78, 5) is 37.4. The van der Waals surface area contributed by atoms with Gasteiger partial charge in [-0.15, -0.1) is 0 Å². The lowest BCUT2D eigenvalue weighted by Crippen LogP contribution is -2.44. The SMILES string of the molecule is CC/C=C\C/C=C\C/C=C\C/C=C\C/C=C\C/C=C\C/C=C\C/C=C\CCCCCCCCCCCCC(=O)OC(COC(=O)CCCC/C=C\C/C=C\C/C=C\C/C=C\C/C=C\C/C=C\CC)COC(OCC[N+](C)(C)C)C(=O)[O-]. The minimum Gasteiger partial charge on any atom is -0.545 e. The molecular formula is C72H113NO8. The minimum absolute atomic E-state index is 0.130. The number of likely N-dealkylation sites (N-methyl/N-ethyl adjacent to an activating group) is 1. The van der Waals surface area contributed by atoms with Crippen LogP contribution in [0.1, 0.15) is 206 Å². The molecule has 0 aliphatic carbocycles. The summed E-state index contributed by atoms with van der Waals surface area (Å²) >= 11 is 0. The number of quaternary nitrogens is 1. The Morgan fingerprint density at radius 1 is 0.370 bits per heavy atom. The number of hydrogen-bond donors (Lipinski definition) is 0. The van der Waals surface area contributed by atoms with Gasteiger partial charge in [0.05, 0.1) is 40.3 Å². The van der Waals surface area contributed by atoms with Crippen molar-refractivity contribution in [3.63, 3.8) is 0 Å². The van der Waals surface area contributed by atoms with Crippen LogP contribution in [-0.4, -0.2) is 82.3 Å². The van der Waals surface area contributed by atoms with Crippen molar-refractivity contribution < 1.29 is 42.9 Å². The zero-order valence-electron chi connectivity index (χ0n) is 51.6. The van der Waals surface area contributed by atoms with Crippen LogP contribution in [0.2, 0.25) is 0 Å². The largest absolute Gasteiger partial charge is 0.545 e. The van der Waals surface area contributed by atoms with Crippen molar-refractivity contribution in [3.8, 4) is 0 Å².